The number of nitrogens with one attached hydrogen (secondary N) is 1. The van der Waals surface area contributed by atoms with E-state index in [9.17, 15) is 0 Å². The molecule has 1 heterocycles. The first-order valence-corrected chi connectivity index (χ1v) is 17.1. The van der Waals surface area contributed by atoms with Gasteiger partial charge in [0.15, 0.2) is 12.0 Å². The first-order valence-electron chi connectivity index (χ1n) is 17.1. The molecule has 50 heavy (non-hydrogen) atoms. The van der Waals surface area contributed by atoms with Crippen LogP contribution in [0.5, 0.6) is 5.75 Å². The highest BCUT2D eigenvalue weighted by molar-refractivity contribution is 6.18. The summed E-state index contributed by atoms with van der Waals surface area (Å²) in [5.74, 6) is 0.907. The maximum Gasteiger partial charge on any atom is 0.196 e. The highest BCUT2D eigenvalue weighted by atomic mass is 16.5. The summed E-state index contributed by atoms with van der Waals surface area (Å²) >= 11 is 0. The number of hydrogen-bond donors (Lipinski definition) is 1. The van der Waals surface area contributed by atoms with Crippen molar-refractivity contribution in [3.8, 4) is 16.9 Å². The fourth-order valence-corrected chi connectivity index (χ4v) is 7.61. The molecule has 1 N–H and O–H groups in total. The van der Waals surface area contributed by atoms with Gasteiger partial charge in [-0.15, -0.1) is 0 Å². The Bertz CT molecular complexity index is 2710. The molecule has 1 unspecified atom stereocenters. The smallest absolute Gasteiger partial charge is 0.196 e. The van der Waals surface area contributed by atoms with E-state index in [0.29, 0.717) is 0 Å². The summed E-state index contributed by atoms with van der Waals surface area (Å²) in [6, 6.07) is 65.2. The van der Waals surface area contributed by atoms with Crippen LogP contribution in [0.15, 0.2) is 182 Å². The van der Waals surface area contributed by atoms with Crippen LogP contribution in [0.1, 0.15) is 11.8 Å². The van der Waals surface area contributed by atoms with E-state index in [2.05, 4.69) is 186 Å². The monoisotopic (exact) mass is 640 g/mol. The number of rotatable bonds is 5. The van der Waals surface area contributed by atoms with Crippen molar-refractivity contribution in [1.82, 2.24) is 0 Å². The molecule has 0 aliphatic carbocycles. The molecule has 0 saturated heterocycles. The first-order chi connectivity index (χ1) is 24.8. The average molecular weight is 641 g/mol. The van der Waals surface area contributed by atoms with Crippen molar-refractivity contribution in [2.24, 2.45) is 0 Å². The maximum absolute atomic E-state index is 6.70. The van der Waals surface area contributed by atoms with E-state index in [0.717, 1.165) is 50.6 Å². The molecule has 0 aromatic heterocycles. The Kier molecular flexibility index (Phi) is 6.56. The second-order valence-corrected chi connectivity index (χ2v) is 13.0. The molecule has 0 bridgehead atoms. The second-order valence-electron chi connectivity index (χ2n) is 13.0. The van der Waals surface area contributed by atoms with Crippen molar-refractivity contribution >= 4 is 65.8 Å². The molecule has 0 spiro atoms. The molecule has 10 rings (SSSR count). The fourth-order valence-electron chi connectivity index (χ4n) is 7.61. The zero-order chi connectivity index (χ0) is 33.0. The van der Waals surface area contributed by atoms with Crippen LogP contribution >= 0.6 is 0 Å². The number of nitrogens with zero attached hydrogens (tertiary/aromatic N) is 1. The summed E-state index contributed by atoms with van der Waals surface area (Å²) in [5.41, 5.74) is 7.84. The zero-order valence-corrected chi connectivity index (χ0v) is 27.3. The van der Waals surface area contributed by atoms with Gasteiger partial charge in [-0.1, -0.05) is 146 Å². The summed E-state index contributed by atoms with van der Waals surface area (Å²) in [7, 11) is 0. The van der Waals surface area contributed by atoms with Crippen molar-refractivity contribution in [3.05, 3.63) is 188 Å². The van der Waals surface area contributed by atoms with Gasteiger partial charge in [0.05, 0.1) is 11.4 Å². The molecule has 1 atom stereocenters. The third kappa shape index (κ3) is 4.67. The van der Waals surface area contributed by atoms with Crippen LogP contribution in [0.25, 0.3) is 54.2 Å². The number of benzene rings is 9. The molecule has 3 heteroatoms. The Morgan fingerprint density at radius 2 is 1.06 bits per heavy atom. The zero-order valence-electron chi connectivity index (χ0n) is 27.3. The second kappa shape index (κ2) is 11.5. The lowest BCUT2D eigenvalue weighted by Gasteiger charge is -2.27. The minimum atomic E-state index is -0.238. The Hall–Kier alpha value is -6.58. The predicted molar refractivity (Wildman–Crippen MR) is 210 cm³/mol. The van der Waals surface area contributed by atoms with Gasteiger partial charge in [0.25, 0.3) is 0 Å². The number of hydrogen-bond acceptors (Lipinski definition) is 3. The molecule has 9 aromatic carbocycles. The molecule has 1 aliphatic heterocycles. The third-order valence-electron chi connectivity index (χ3n) is 10.0. The molecule has 0 amide bonds. The van der Waals surface area contributed by atoms with E-state index in [1.165, 1.54) is 37.7 Å². The quantitative estimate of drug-likeness (QED) is 0.189. The Morgan fingerprint density at radius 3 is 1.90 bits per heavy atom. The van der Waals surface area contributed by atoms with Crippen molar-refractivity contribution in [2.75, 3.05) is 10.2 Å². The Labute approximate surface area is 290 Å². The van der Waals surface area contributed by atoms with E-state index in [-0.39, 0.29) is 6.23 Å². The largest absolute Gasteiger partial charge is 0.464 e. The summed E-state index contributed by atoms with van der Waals surface area (Å²) in [6.07, 6.45) is -0.238. The van der Waals surface area contributed by atoms with E-state index in [1.54, 1.807) is 0 Å². The van der Waals surface area contributed by atoms with Gasteiger partial charge in [0.2, 0.25) is 0 Å². The molecular formula is C47H32N2O. The van der Waals surface area contributed by atoms with E-state index >= 15 is 0 Å². The van der Waals surface area contributed by atoms with Crippen LogP contribution in [0.4, 0.5) is 22.7 Å². The van der Waals surface area contributed by atoms with Gasteiger partial charge in [0, 0.05) is 33.1 Å². The van der Waals surface area contributed by atoms with Crippen LogP contribution in [0, 0.1) is 0 Å². The van der Waals surface area contributed by atoms with Gasteiger partial charge < -0.3 is 15.0 Å². The topological polar surface area (TPSA) is 24.5 Å². The van der Waals surface area contributed by atoms with Gasteiger partial charge in [-0.3, -0.25) is 0 Å². The van der Waals surface area contributed by atoms with Crippen LogP contribution in [-0.4, -0.2) is 0 Å². The van der Waals surface area contributed by atoms with E-state index in [4.69, 9.17) is 4.74 Å². The standard InChI is InChI=1S/C47H32N2O/c1-2-13-34(14-3-1)47-48-45-42-19-9-8-18-40(42)41-28-24-36(30-43(41)46(45)50-47)32-21-25-37(26-22-32)49(38-27-23-31-11-4-5-15-35(31)29-38)44-20-10-16-33-12-6-7-17-39(33)44/h1-30,47-48H. The fraction of sp³-hybridized carbons (Fsp3) is 0.0213. The molecule has 0 fully saturated rings. The van der Waals surface area contributed by atoms with Crippen LogP contribution < -0.4 is 15.0 Å². The van der Waals surface area contributed by atoms with Crippen LogP contribution in [0.2, 0.25) is 0 Å². The average Bonchev–Trinajstić information content (AvgIpc) is 3.65. The molecule has 236 valence electrons. The highest BCUT2D eigenvalue weighted by Crippen LogP contribution is 2.49. The van der Waals surface area contributed by atoms with Crippen molar-refractivity contribution in [1.29, 1.82) is 0 Å². The van der Waals surface area contributed by atoms with Crippen LogP contribution in [-0.2, 0) is 0 Å². The minimum Gasteiger partial charge on any atom is -0.464 e. The Morgan fingerprint density at radius 1 is 0.420 bits per heavy atom. The number of ether oxygens (including phenoxy) is 1. The van der Waals surface area contributed by atoms with Gasteiger partial charge in [-0.25, -0.2) is 0 Å². The first kappa shape index (κ1) is 28.4. The molecule has 0 saturated carbocycles. The highest BCUT2D eigenvalue weighted by Gasteiger charge is 2.28. The summed E-state index contributed by atoms with van der Waals surface area (Å²) in [5, 5.41) is 13.3. The van der Waals surface area contributed by atoms with Crippen molar-refractivity contribution < 1.29 is 4.74 Å². The van der Waals surface area contributed by atoms with Crippen molar-refractivity contribution in [3.63, 3.8) is 0 Å². The third-order valence-corrected chi connectivity index (χ3v) is 10.0. The van der Waals surface area contributed by atoms with Gasteiger partial charge >= 0.3 is 0 Å². The molecule has 9 aromatic rings. The van der Waals surface area contributed by atoms with Crippen molar-refractivity contribution in [2.45, 2.75) is 6.23 Å². The van der Waals surface area contributed by atoms with Gasteiger partial charge in [-0.2, -0.15) is 0 Å². The predicted octanol–water partition coefficient (Wildman–Crippen LogP) is 12.9. The lowest BCUT2D eigenvalue weighted by Crippen LogP contribution is -2.10. The number of anilines is 4. The van der Waals surface area contributed by atoms with Crippen LogP contribution in [0.3, 0.4) is 0 Å². The van der Waals surface area contributed by atoms with E-state index < -0.39 is 0 Å². The summed E-state index contributed by atoms with van der Waals surface area (Å²) in [4.78, 5) is 2.38. The summed E-state index contributed by atoms with van der Waals surface area (Å²) < 4.78 is 6.70. The SMILES string of the molecule is c1ccc(C2Nc3c(c4cc(-c5ccc(N(c6ccc7ccccc7c6)c6cccc7ccccc67)cc5)ccc4c4ccccc34)O2)cc1. The maximum atomic E-state index is 6.70. The molecule has 3 nitrogen and oxygen atoms in total. The van der Waals surface area contributed by atoms with Gasteiger partial charge in [-0.05, 0) is 74.5 Å². The van der Waals surface area contributed by atoms with E-state index in [1.807, 2.05) is 6.07 Å². The Balaban J connectivity index is 1.09. The molecular weight excluding hydrogens is 609 g/mol. The normalized spacial score (nSPS) is 13.7. The number of fused-ring (bicyclic) bond motifs is 8. The lowest BCUT2D eigenvalue weighted by atomic mass is 9.95. The molecule has 1 aliphatic rings. The summed E-state index contributed by atoms with van der Waals surface area (Å²) in [6.45, 7) is 0. The minimum absolute atomic E-state index is 0.238. The van der Waals surface area contributed by atoms with Gasteiger partial charge in [0.1, 0.15) is 0 Å². The molecule has 0 radical (unpaired) electrons. The lowest BCUT2D eigenvalue weighted by molar-refractivity contribution is 0.262.